The second-order valence-electron chi connectivity index (χ2n) is 6.80. The van der Waals surface area contributed by atoms with E-state index in [0.29, 0.717) is 11.1 Å². The van der Waals surface area contributed by atoms with Crippen LogP contribution in [0.4, 0.5) is 0 Å². The maximum absolute atomic E-state index is 13.6. The Morgan fingerprint density at radius 3 is 2.27 bits per heavy atom. The van der Waals surface area contributed by atoms with Crippen molar-refractivity contribution in [2.75, 3.05) is 32.0 Å². The number of halogens is 2. The molecule has 0 fully saturated rings. The predicted molar refractivity (Wildman–Crippen MR) is 114 cm³/mol. The number of benzene rings is 2. The Bertz CT molecular complexity index is 1090. The molecule has 0 saturated heterocycles. The second-order valence-corrected chi connectivity index (χ2v) is 9.66. The molecule has 30 heavy (non-hydrogen) atoms. The molecule has 1 aliphatic heterocycles. The van der Waals surface area contributed by atoms with Crippen molar-refractivity contribution in [2.45, 2.75) is 6.54 Å². The fraction of sp³-hybridized carbons (Fsp3) is 0.300. The third-order valence-electron chi connectivity index (χ3n) is 5.15. The van der Waals surface area contributed by atoms with Crippen LogP contribution < -0.4 is 14.3 Å². The number of ketones is 2. The van der Waals surface area contributed by atoms with Gasteiger partial charge in [0.25, 0.3) is 0 Å². The van der Waals surface area contributed by atoms with Crippen LogP contribution in [-0.2, 0) is 11.1 Å². The van der Waals surface area contributed by atoms with Gasteiger partial charge in [-0.05, 0) is 6.07 Å². The summed E-state index contributed by atoms with van der Waals surface area (Å²) in [6.45, 7) is 0.727. The molecule has 10 heteroatoms. The molecule has 2 aromatic rings. The molecule has 2 aromatic carbocycles. The van der Waals surface area contributed by atoms with Crippen molar-refractivity contribution in [2.24, 2.45) is 0 Å². The van der Waals surface area contributed by atoms with Crippen LogP contribution in [0.15, 0.2) is 30.3 Å². The molecule has 0 spiro atoms. The Balaban J connectivity index is 1.89. The van der Waals surface area contributed by atoms with Crippen LogP contribution in [0.1, 0.15) is 37.4 Å². The number of hydrogen-bond acceptors (Lipinski definition) is 5. The summed E-state index contributed by atoms with van der Waals surface area (Å²) in [7, 11) is -2.14. The highest BCUT2D eigenvalue weighted by molar-refractivity contribution is 7.54. The summed E-state index contributed by atoms with van der Waals surface area (Å²) in [6.07, 6.45) is 0. The lowest BCUT2D eigenvalue weighted by Crippen LogP contribution is -2.37. The second kappa shape index (κ2) is 8.33. The maximum Gasteiger partial charge on any atom is 0.393 e. The Labute approximate surface area is 183 Å². The number of methoxy groups -OCH3 is 1. The van der Waals surface area contributed by atoms with Gasteiger partial charge in [0, 0.05) is 48.1 Å². The first kappa shape index (κ1) is 21.3. The SMILES string of the molecule is COc1cc2c(c3c1C(=O)c1ccccc1C3=O)OP(=O)(N(CCCl)CCCl)NC2. The number of carbonyl (C=O) groups is 2. The zero-order valence-corrected chi connectivity index (χ0v) is 18.5. The normalized spacial score (nSPS) is 19.7. The molecule has 1 aliphatic carbocycles. The van der Waals surface area contributed by atoms with Gasteiger partial charge in [0.15, 0.2) is 11.6 Å². The zero-order chi connectivity index (χ0) is 21.5. The van der Waals surface area contributed by atoms with E-state index in [1.165, 1.54) is 11.8 Å². The Hall–Kier alpha value is -1.89. The van der Waals surface area contributed by atoms with Crippen LogP contribution >= 0.6 is 30.9 Å². The first-order chi connectivity index (χ1) is 14.4. The summed E-state index contributed by atoms with van der Waals surface area (Å²) in [5, 5.41) is 2.91. The molecule has 1 unspecified atom stereocenters. The quantitative estimate of drug-likeness (QED) is 0.434. The average Bonchev–Trinajstić information content (AvgIpc) is 2.76. The number of carbonyl (C=O) groups excluding carboxylic acids is 2. The standard InChI is InChI=1S/C20H19Cl2N2O5P/c1-28-15-10-12-11-23-30(27,24(8-6-21)9-7-22)29-20(12)17-16(15)18(25)13-4-2-3-5-14(13)19(17)26/h2-5,10H,6-9,11H2,1H3,(H,23,27). The minimum absolute atomic E-state index is 0.0754. The molecule has 0 aromatic heterocycles. The van der Waals surface area contributed by atoms with E-state index < -0.39 is 7.67 Å². The Kier molecular flexibility index (Phi) is 5.93. The van der Waals surface area contributed by atoms with Gasteiger partial charge in [-0.1, -0.05) is 24.3 Å². The maximum atomic E-state index is 13.6. The lowest BCUT2D eigenvalue weighted by molar-refractivity contribution is 0.0974. The number of fused-ring (bicyclic) bond motifs is 4. The molecule has 0 saturated carbocycles. The smallest absolute Gasteiger partial charge is 0.393 e. The molecule has 0 radical (unpaired) electrons. The highest BCUT2D eigenvalue weighted by Crippen LogP contribution is 2.54. The summed E-state index contributed by atoms with van der Waals surface area (Å²) in [6, 6.07) is 8.23. The minimum atomic E-state index is -3.58. The number of ether oxygens (including phenoxy) is 1. The average molecular weight is 469 g/mol. The number of nitrogens with zero attached hydrogens (tertiary/aromatic N) is 1. The summed E-state index contributed by atoms with van der Waals surface area (Å²) in [5.74, 6) is 0.154. The third-order valence-corrected chi connectivity index (χ3v) is 7.62. The van der Waals surface area contributed by atoms with E-state index in [2.05, 4.69) is 5.09 Å². The van der Waals surface area contributed by atoms with Crippen LogP contribution in [0.5, 0.6) is 11.5 Å². The predicted octanol–water partition coefficient (Wildman–Crippen LogP) is 3.84. The molecule has 2 aliphatic rings. The van der Waals surface area contributed by atoms with E-state index in [1.807, 2.05) is 0 Å². The van der Waals surface area contributed by atoms with Gasteiger partial charge in [0.2, 0.25) is 0 Å². The van der Waals surface area contributed by atoms with Gasteiger partial charge in [-0.3, -0.25) is 9.59 Å². The molecule has 0 bridgehead atoms. The van der Waals surface area contributed by atoms with Crippen molar-refractivity contribution in [3.63, 3.8) is 0 Å². The summed E-state index contributed by atoms with van der Waals surface area (Å²) < 4.78 is 26.5. The van der Waals surface area contributed by atoms with Crippen LogP contribution in [-0.4, -0.2) is 48.2 Å². The van der Waals surface area contributed by atoms with Crippen LogP contribution in [0.25, 0.3) is 0 Å². The first-order valence-corrected chi connectivity index (χ1v) is 11.9. The molecule has 4 rings (SSSR count). The Morgan fingerprint density at radius 2 is 1.70 bits per heavy atom. The molecule has 1 heterocycles. The van der Waals surface area contributed by atoms with Crippen molar-refractivity contribution in [1.29, 1.82) is 0 Å². The minimum Gasteiger partial charge on any atom is -0.496 e. The number of alkyl halides is 2. The van der Waals surface area contributed by atoms with Crippen molar-refractivity contribution < 1.29 is 23.4 Å². The van der Waals surface area contributed by atoms with Gasteiger partial charge in [-0.15, -0.1) is 23.2 Å². The first-order valence-electron chi connectivity index (χ1n) is 9.29. The fourth-order valence-electron chi connectivity index (χ4n) is 3.75. The van der Waals surface area contributed by atoms with Crippen molar-refractivity contribution in [3.05, 3.63) is 58.1 Å². The van der Waals surface area contributed by atoms with E-state index in [1.54, 1.807) is 30.3 Å². The monoisotopic (exact) mass is 468 g/mol. The van der Waals surface area contributed by atoms with Gasteiger partial charge in [0.05, 0.1) is 18.2 Å². The zero-order valence-electron chi connectivity index (χ0n) is 16.1. The van der Waals surface area contributed by atoms with E-state index in [9.17, 15) is 14.2 Å². The fourth-order valence-corrected chi connectivity index (χ4v) is 6.33. The lowest BCUT2D eigenvalue weighted by Gasteiger charge is -2.36. The van der Waals surface area contributed by atoms with Crippen LogP contribution in [0, 0.1) is 0 Å². The molecule has 1 N–H and O–H groups in total. The highest BCUT2D eigenvalue weighted by atomic mass is 35.5. The van der Waals surface area contributed by atoms with Crippen molar-refractivity contribution >= 4 is 42.4 Å². The van der Waals surface area contributed by atoms with E-state index in [-0.39, 0.29) is 71.2 Å². The van der Waals surface area contributed by atoms with Gasteiger partial charge in [-0.2, -0.15) is 0 Å². The van der Waals surface area contributed by atoms with Gasteiger partial charge in [-0.25, -0.2) is 14.3 Å². The van der Waals surface area contributed by atoms with Gasteiger partial charge >= 0.3 is 7.67 Å². The molecule has 158 valence electrons. The molecular formula is C20H19Cl2N2O5P. The largest absolute Gasteiger partial charge is 0.496 e. The summed E-state index contributed by atoms with van der Waals surface area (Å²) in [5.41, 5.74) is 1.35. The van der Waals surface area contributed by atoms with Gasteiger partial charge in [0.1, 0.15) is 11.5 Å². The highest BCUT2D eigenvalue weighted by Gasteiger charge is 2.43. The summed E-state index contributed by atoms with van der Waals surface area (Å²) in [4.78, 5) is 26.6. The third kappa shape index (κ3) is 3.35. The summed E-state index contributed by atoms with van der Waals surface area (Å²) >= 11 is 11.7. The van der Waals surface area contributed by atoms with Gasteiger partial charge < -0.3 is 9.26 Å². The molecular weight excluding hydrogens is 450 g/mol. The Morgan fingerprint density at radius 1 is 1.10 bits per heavy atom. The topological polar surface area (TPSA) is 84.9 Å². The molecule has 1 atom stereocenters. The van der Waals surface area contributed by atoms with Crippen molar-refractivity contribution in [3.8, 4) is 11.5 Å². The molecule has 0 amide bonds. The van der Waals surface area contributed by atoms with E-state index in [4.69, 9.17) is 32.5 Å². The lowest BCUT2D eigenvalue weighted by atomic mass is 9.82. The number of nitrogens with one attached hydrogen (secondary N) is 1. The van der Waals surface area contributed by atoms with Crippen LogP contribution in [0.2, 0.25) is 0 Å². The number of rotatable bonds is 6. The molecule has 7 nitrogen and oxygen atoms in total. The van der Waals surface area contributed by atoms with Crippen molar-refractivity contribution in [1.82, 2.24) is 9.76 Å². The van der Waals surface area contributed by atoms with E-state index in [0.717, 1.165) is 0 Å². The van der Waals surface area contributed by atoms with Crippen LogP contribution in [0.3, 0.4) is 0 Å². The number of hydrogen-bond donors (Lipinski definition) is 1. The van der Waals surface area contributed by atoms with E-state index >= 15 is 0 Å².